The summed E-state index contributed by atoms with van der Waals surface area (Å²) in [6, 6.07) is 10.3. The quantitative estimate of drug-likeness (QED) is 0.675. The van der Waals surface area contributed by atoms with Gasteiger partial charge in [0.25, 0.3) is 5.91 Å². The molecule has 2 fully saturated rings. The molecule has 0 bridgehead atoms. The fourth-order valence-electron chi connectivity index (χ4n) is 3.98. The summed E-state index contributed by atoms with van der Waals surface area (Å²) >= 11 is 5.99. The van der Waals surface area contributed by atoms with Crippen LogP contribution in [0.15, 0.2) is 42.7 Å². The molecule has 0 radical (unpaired) electrons. The van der Waals surface area contributed by atoms with E-state index in [0.717, 1.165) is 48.1 Å². The van der Waals surface area contributed by atoms with Gasteiger partial charge in [0.1, 0.15) is 0 Å². The van der Waals surface area contributed by atoms with Gasteiger partial charge in [0.2, 0.25) is 0 Å². The summed E-state index contributed by atoms with van der Waals surface area (Å²) in [5.41, 5.74) is 2.78. The van der Waals surface area contributed by atoms with Gasteiger partial charge in [-0.05, 0) is 37.8 Å². The molecule has 5 rings (SSSR count). The Hall–Kier alpha value is -2.40. The third-order valence-electron chi connectivity index (χ3n) is 5.66. The van der Waals surface area contributed by atoms with Crippen LogP contribution in [-0.4, -0.2) is 38.7 Å². The molecule has 5 nitrogen and oxygen atoms in total. The van der Waals surface area contributed by atoms with Crippen LogP contribution in [0.25, 0.3) is 10.9 Å². The summed E-state index contributed by atoms with van der Waals surface area (Å²) in [6.07, 6.45) is 7.67. The number of hydrogen-bond acceptors (Lipinski definition) is 3. The van der Waals surface area contributed by atoms with E-state index in [4.69, 9.17) is 16.6 Å². The van der Waals surface area contributed by atoms with E-state index in [0.29, 0.717) is 17.0 Å². The standard InChI is InChI=1S/C21H21ClN4O/c22-15-12-23-26(13-15)16-7-9-25(10-8-16)21(27)18-11-20(14-5-6-14)24-19-4-2-1-3-17(18)19/h1-4,11-14,16H,5-10H2. The normalized spacial score (nSPS) is 18.2. The second kappa shape index (κ2) is 6.64. The Labute approximate surface area is 162 Å². The first-order valence-electron chi connectivity index (χ1n) is 9.57. The van der Waals surface area contributed by atoms with Crippen LogP contribution in [-0.2, 0) is 0 Å². The van der Waals surface area contributed by atoms with E-state index >= 15 is 0 Å². The summed E-state index contributed by atoms with van der Waals surface area (Å²) < 4.78 is 1.93. The van der Waals surface area contributed by atoms with Crippen molar-refractivity contribution in [2.24, 2.45) is 0 Å². The fraction of sp³-hybridized carbons (Fsp3) is 0.381. The molecule has 1 aliphatic heterocycles. The third-order valence-corrected chi connectivity index (χ3v) is 5.85. The first-order chi connectivity index (χ1) is 13.2. The second-order valence-electron chi connectivity index (χ2n) is 7.55. The largest absolute Gasteiger partial charge is 0.338 e. The van der Waals surface area contributed by atoms with E-state index in [1.807, 2.05) is 46.1 Å². The monoisotopic (exact) mass is 380 g/mol. The van der Waals surface area contributed by atoms with E-state index in [2.05, 4.69) is 5.10 Å². The highest BCUT2D eigenvalue weighted by atomic mass is 35.5. The molecule has 1 saturated carbocycles. The minimum Gasteiger partial charge on any atom is -0.338 e. The number of hydrogen-bond donors (Lipinski definition) is 0. The Balaban J connectivity index is 1.40. The summed E-state index contributed by atoms with van der Waals surface area (Å²) in [5, 5.41) is 5.93. The maximum atomic E-state index is 13.3. The van der Waals surface area contributed by atoms with Gasteiger partial charge < -0.3 is 4.90 Å². The predicted molar refractivity (Wildman–Crippen MR) is 105 cm³/mol. The van der Waals surface area contributed by atoms with Gasteiger partial charge in [-0.2, -0.15) is 5.10 Å². The van der Waals surface area contributed by atoms with Crippen molar-refractivity contribution in [1.29, 1.82) is 0 Å². The SMILES string of the molecule is O=C(c1cc(C2CC2)nc2ccccc12)N1CCC(n2cc(Cl)cn2)CC1. The molecule has 3 heterocycles. The Morgan fingerprint density at radius 2 is 1.89 bits per heavy atom. The molecule has 2 aromatic heterocycles. The Morgan fingerprint density at radius 3 is 2.59 bits per heavy atom. The first kappa shape index (κ1) is 16.8. The number of benzene rings is 1. The lowest BCUT2D eigenvalue weighted by Gasteiger charge is -2.32. The highest BCUT2D eigenvalue weighted by Crippen LogP contribution is 2.40. The molecule has 0 N–H and O–H groups in total. The molecular weight excluding hydrogens is 360 g/mol. The summed E-state index contributed by atoms with van der Waals surface area (Å²) in [4.78, 5) is 20.1. The van der Waals surface area contributed by atoms with Gasteiger partial charge in [-0.15, -0.1) is 0 Å². The van der Waals surface area contributed by atoms with Crippen molar-refractivity contribution >= 4 is 28.4 Å². The maximum absolute atomic E-state index is 13.3. The van der Waals surface area contributed by atoms with Gasteiger partial charge in [-0.1, -0.05) is 29.8 Å². The number of aromatic nitrogens is 3. The van der Waals surface area contributed by atoms with Crippen molar-refractivity contribution in [3.05, 3.63) is 59.0 Å². The van der Waals surface area contributed by atoms with Crippen LogP contribution in [0.2, 0.25) is 5.02 Å². The average molecular weight is 381 g/mol. The lowest BCUT2D eigenvalue weighted by molar-refractivity contribution is 0.0692. The van der Waals surface area contributed by atoms with Crippen LogP contribution in [0.1, 0.15) is 53.7 Å². The Morgan fingerprint density at radius 1 is 1.11 bits per heavy atom. The van der Waals surface area contributed by atoms with E-state index in [1.54, 1.807) is 6.20 Å². The van der Waals surface area contributed by atoms with Gasteiger partial charge in [0.05, 0.1) is 28.3 Å². The van der Waals surface area contributed by atoms with Gasteiger partial charge >= 0.3 is 0 Å². The molecular formula is C21H21ClN4O. The van der Waals surface area contributed by atoms with Gasteiger partial charge in [0.15, 0.2) is 0 Å². The van der Waals surface area contributed by atoms with E-state index in [1.165, 1.54) is 12.8 Å². The van der Waals surface area contributed by atoms with Gasteiger partial charge in [-0.25, -0.2) is 0 Å². The topological polar surface area (TPSA) is 51.0 Å². The van der Waals surface area contributed by atoms with E-state index in [-0.39, 0.29) is 5.91 Å². The molecule has 0 unspecified atom stereocenters. The van der Waals surface area contributed by atoms with Crippen LogP contribution in [0.4, 0.5) is 0 Å². The Kier molecular flexibility index (Phi) is 4.12. The fourth-order valence-corrected chi connectivity index (χ4v) is 4.12. The molecule has 0 atom stereocenters. The number of halogens is 1. The van der Waals surface area contributed by atoms with Crippen LogP contribution >= 0.6 is 11.6 Å². The summed E-state index contributed by atoms with van der Waals surface area (Å²) in [6.45, 7) is 1.47. The van der Waals surface area contributed by atoms with E-state index in [9.17, 15) is 4.79 Å². The number of likely N-dealkylation sites (tertiary alicyclic amines) is 1. The molecule has 1 aromatic carbocycles. The Bertz CT molecular complexity index is 1000. The zero-order chi connectivity index (χ0) is 18.4. The van der Waals surface area contributed by atoms with Crippen LogP contribution in [0, 0.1) is 0 Å². The maximum Gasteiger partial charge on any atom is 0.254 e. The second-order valence-corrected chi connectivity index (χ2v) is 7.98. The summed E-state index contributed by atoms with van der Waals surface area (Å²) in [5.74, 6) is 0.643. The van der Waals surface area contributed by atoms with Crippen molar-refractivity contribution in [1.82, 2.24) is 19.7 Å². The van der Waals surface area contributed by atoms with Crippen LogP contribution in [0.3, 0.4) is 0 Å². The third kappa shape index (κ3) is 3.21. The zero-order valence-electron chi connectivity index (χ0n) is 15.0. The zero-order valence-corrected chi connectivity index (χ0v) is 15.8. The van der Waals surface area contributed by atoms with Crippen LogP contribution < -0.4 is 0 Å². The highest BCUT2D eigenvalue weighted by Gasteiger charge is 2.29. The number of fused-ring (bicyclic) bond motifs is 1. The molecule has 1 aliphatic carbocycles. The molecule has 1 amide bonds. The van der Waals surface area contributed by atoms with Gasteiger partial charge in [-0.3, -0.25) is 14.5 Å². The smallest absolute Gasteiger partial charge is 0.254 e. The molecule has 27 heavy (non-hydrogen) atoms. The number of piperidine rings is 1. The molecule has 138 valence electrons. The van der Waals surface area contributed by atoms with Crippen molar-refractivity contribution in [3.63, 3.8) is 0 Å². The van der Waals surface area contributed by atoms with Crippen molar-refractivity contribution in [2.75, 3.05) is 13.1 Å². The van der Waals surface area contributed by atoms with Crippen molar-refractivity contribution in [3.8, 4) is 0 Å². The molecule has 6 heteroatoms. The number of rotatable bonds is 3. The number of amides is 1. The number of para-hydroxylation sites is 1. The highest BCUT2D eigenvalue weighted by molar-refractivity contribution is 6.30. The molecule has 3 aromatic rings. The lowest BCUT2D eigenvalue weighted by Crippen LogP contribution is -2.39. The predicted octanol–water partition coefficient (Wildman–Crippen LogP) is 4.44. The number of carbonyl (C=O) groups is 1. The minimum atomic E-state index is 0.118. The van der Waals surface area contributed by atoms with Crippen LogP contribution in [0.5, 0.6) is 0 Å². The lowest BCUT2D eigenvalue weighted by atomic mass is 10.0. The summed E-state index contributed by atoms with van der Waals surface area (Å²) in [7, 11) is 0. The number of carbonyl (C=O) groups excluding carboxylic acids is 1. The molecule has 1 saturated heterocycles. The minimum absolute atomic E-state index is 0.118. The number of pyridine rings is 1. The van der Waals surface area contributed by atoms with Crippen molar-refractivity contribution < 1.29 is 4.79 Å². The molecule has 0 spiro atoms. The average Bonchev–Trinajstić information content (AvgIpc) is 3.47. The van der Waals surface area contributed by atoms with E-state index < -0.39 is 0 Å². The van der Waals surface area contributed by atoms with Gasteiger partial charge in [0, 0.05) is 36.3 Å². The molecule has 2 aliphatic rings. The van der Waals surface area contributed by atoms with Crippen molar-refractivity contribution in [2.45, 2.75) is 37.6 Å². The first-order valence-corrected chi connectivity index (χ1v) is 9.95. The number of nitrogens with zero attached hydrogens (tertiary/aromatic N) is 4.